The lowest BCUT2D eigenvalue weighted by atomic mass is 10.2. The standard InChI is InChI=1S/C12H15BrFN/c1-3-4-9(2)15-8-10-5-6-12(14)11(13)7-10/h3,5-7,9,15H,1,4,8H2,2H3. The van der Waals surface area contributed by atoms with E-state index in [1.807, 2.05) is 6.08 Å². The molecular weight excluding hydrogens is 257 g/mol. The molecule has 0 bridgehead atoms. The van der Waals surface area contributed by atoms with E-state index in [4.69, 9.17) is 0 Å². The SMILES string of the molecule is C=CCC(C)NCc1ccc(F)c(Br)c1. The summed E-state index contributed by atoms with van der Waals surface area (Å²) in [4.78, 5) is 0. The molecule has 0 spiro atoms. The lowest BCUT2D eigenvalue weighted by molar-refractivity contribution is 0.552. The summed E-state index contributed by atoms with van der Waals surface area (Å²) in [5.41, 5.74) is 1.07. The van der Waals surface area contributed by atoms with Gasteiger partial charge in [-0.05, 0) is 47.0 Å². The molecule has 1 nitrogen and oxygen atoms in total. The van der Waals surface area contributed by atoms with Gasteiger partial charge in [-0.3, -0.25) is 0 Å². The Morgan fingerprint density at radius 2 is 2.33 bits per heavy atom. The van der Waals surface area contributed by atoms with Crippen LogP contribution in [-0.2, 0) is 6.54 Å². The van der Waals surface area contributed by atoms with Crippen LogP contribution in [-0.4, -0.2) is 6.04 Å². The minimum atomic E-state index is -0.224. The molecule has 0 aliphatic carbocycles. The summed E-state index contributed by atoms with van der Waals surface area (Å²) in [6.07, 6.45) is 2.82. The zero-order chi connectivity index (χ0) is 11.3. The van der Waals surface area contributed by atoms with E-state index < -0.39 is 0 Å². The van der Waals surface area contributed by atoms with Crippen molar-refractivity contribution in [3.05, 3.63) is 46.7 Å². The minimum absolute atomic E-state index is 0.224. The van der Waals surface area contributed by atoms with Gasteiger partial charge in [-0.2, -0.15) is 0 Å². The average Bonchev–Trinajstić information content (AvgIpc) is 2.20. The Hall–Kier alpha value is -0.670. The van der Waals surface area contributed by atoms with Crippen LogP contribution in [0, 0.1) is 5.82 Å². The maximum atomic E-state index is 12.9. The Kier molecular flexibility index (Phi) is 4.99. The van der Waals surface area contributed by atoms with Gasteiger partial charge < -0.3 is 5.32 Å². The molecule has 0 aliphatic heterocycles. The van der Waals surface area contributed by atoms with E-state index in [-0.39, 0.29) is 5.82 Å². The van der Waals surface area contributed by atoms with Gasteiger partial charge in [0.05, 0.1) is 4.47 Å². The van der Waals surface area contributed by atoms with Crippen LogP contribution in [0.2, 0.25) is 0 Å². The Bertz CT molecular complexity index is 338. The third-order valence-corrected chi connectivity index (χ3v) is 2.77. The van der Waals surface area contributed by atoms with Crippen LogP contribution >= 0.6 is 15.9 Å². The monoisotopic (exact) mass is 271 g/mol. The molecule has 1 unspecified atom stereocenters. The molecule has 0 aromatic heterocycles. The van der Waals surface area contributed by atoms with E-state index >= 15 is 0 Å². The van der Waals surface area contributed by atoms with Gasteiger partial charge in [0.25, 0.3) is 0 Å². The van der Waals surface area contributed by atoms with Crippen LogP contribution in [0.4, 0.5) is 4.39 Å². The highest BCUT2D eigenvalue weighted by molar-refractivity contribution is 9.10. The molecule has 82 valence electrons. The maximum Gasteiger partial charge on any atom is 0.137 e. The van der Waals surface area contributed by atoms with Crippen LogP contribution < -0.4 is 5.32 Å². The van der Waals surface area contributed by atoms with Gasteiger partial charge >= 0.3 is 0 Å². The first-order valence-corrected chi connectivity index (χ1v) is 5.71. The molecule has 1 atom stereocenters. The van der Waals surface area contributed by atoms with Gasteiger partial charge in [0.2, 0.25) is 0 Å². The third-order valence-electron chi connectivity index (χ3n) is 2.16. The topological polar surface area (TPSA) is 12.0 Å². The van der Waals surface area contributed by atoms with Crippen molar-refractivity contribution >= 4 is 15.9 Å². The number of hydrogen-bond acceptors (Lipinski definition) is 1. The van der Waals surface area contributed by atoms with Crippen LogP contribution in [0.5, 0.6) is 0 Å². The van der Waals surface area contributed by atoms with Gasteiger partial charge in [-0.15, -0.1) is 6.58 Å². The molecule has 1 aromatic rings. The van der Waals surface area contributed by atoms with Gasteiger partial charge in [-0.25, -0.2) is 4.39 Å². The molecule has 1 N–H and O–H groups in total. The van der Waals surface area contributed by atoms with Crippen molar-refractivity contribution in [2.45, 2.75) is 25.9 Å². The Labute approximate surface area is 98.5 Å². The summed E-state index contributed by atoms with van der Waals surface area (Å²) in [6.45, 7) is 6.53. The quantitative estimate of drug-likeness (QED) is 0.807. The van der Waals surface area contributed by atoms with Crippen LogP contribution in [0.25, 0.3) is 0 Å². The number of hydrogen-bond donors (Lipinski definition) is 1. The molecule has 0 amide bonds. The van der Waals surface area contributed by atoms with Crippen molar-refractivity contribution in [1.82, 2.24) is 5.32 Å². The maximum absolute atomic E-state index is 12.9. The van der Waals surface area contributed by atoms with Crippen molar-refractivity contribution in [2.75, 3.05) is 0 Å². The first kappa shape index (κ1) is 12.4. The van der Waals surface area contributed by atoms with E-state index in [9.17, 15) is 4.39 Å². The minimum Gasteiger partial charge on any atom is -0.310 e. The van der Waals surface area contributed by atoms with Crippen molar-refractivity contribution in [2.24, 2.45) is 0 Å². The van der Waals surface area contributed by atoms with E-state index in [1.54, 1.807) is 12.1 Å². The largest absolute Gasteiger partial charge is 0.310 e. The molecule has 1 rings (SSSR count). The van der Waals surface area contributed by atoms with Crippen LogP contribution in [0.1, 0.15) is 18.9 Å². The second kappa shape index (κ2) is 6.03. The highest BCUT2D eigenvalue weighted by Gasteiger charge is 2.02. The third kappa shape index (κ3) is 4.14. The lowest BCUT2D eigenvalue weighted by Gasteiger charge is -2.11. The smallest absolute Gasteiger partial charge is 0.137 e. The second-order valence-corrected chi connectivity index (χ2v) is 4.41. The number of nitrogens with one attached hydrogen (secondary N) is 1. The normalized spacial score (nSPS) is 12.5. The zero-order valence-electron chi connectivity index (χ0n) is 8.76. The van der Waals surface area contributed by atoms with Gasteiger partial charge in [0, 0.05) is 12.6 Å². The molecule has 15 heavy (non-hydrogen) atoms. The fourth-order valence-electron chi connectivity index (χ4n) is 1.28. The molecule has 0 saturated carbocycles. The summed E-state index contributed by atoms with van der Waals surface area (Å²) in [7, 11) is 0. The summed E-state index contributed by atoms with van der Waals surface area (Å²) in [5.74, 6) is -0.224. The van der Waals surface area contributed by atoms with E-state index in [0.717, 1.165) is 18.5 Å². The van der Waals surface area contributed by atoms with Gasteiger partial charge in [0.1, 0.15) is 5.82 Å². The second-order valence-electron chi connectivity index (χ2n) is 3.55. The zero-order valence-corrected chi connectivity index (χ0v) is 10.3. The molecular formula is C12H15BrFN. The van der Waals surface area contributed by atoms with E-state index in [2.05, 4.69) is 34.7 Å². The van der Waals surface area contributed by atoms with Gasteiger partial charge in [0.15, 0.2) is 0 Å². The summed E-state index contributed by atoms with van der Waals surface area (Å²) >= 11 is 3.16. The predicted octanol–water partition coefficient (Wildman–Crippen LogP) is 3.64. The first-order valence-electron chi connectivity index (χ1n) is 4.91. The first-order chi connectivity index (χ1) is 7.13. The molecule has 1 aromatic carbocycles. The van der Waals surface area contributed by atoms with Crippen molar-refractivity contribution in [3.8, 4) is 0 Å². The van der Waals surface area contributed by atoms with E-state index in [1.165, 1.54) is 6.07 Å². The fraction of sp³-hybridized carbons (Fsp3) is 0.333. The Morgan fingerprint density at radius 1 is 1.60 bits per heavy atom. The Morgan fingerprint density at radius 3 is 2.93 bits per heavy atom. The fourth-order valence-corrected chi connectivity index (χ4v) is 1.70. The van der Waals surface area contributed by atoms with Crippen molar-refractivity contribution < 1.29 is 4.39 Å². The number of benzene rings is 1. The summed E-state index contributed by atoms with van der Waals surface area (Å²) < 4.78 is 13.4. The highest BCUT2D eigenvalue weighted by atomic mass is 79.9. The molecule has 0 aliphatic rings. The van der Waals surface area contributed by atoms with Gasteiger partial charge in [-0.1, -0.05) is 12.1 Å². The molecule has 0 saturated heterocycles. The average molecular weight is 272 g/mol. The highest BCUT2D eigenvalue weighted by Crippen LogP contribution is 2.16. The van der Waals surface area contributed by atoms with Crippen molar-refractivity contribution in [1.29, 1.82) is 0 Å². The van der Waals surface area contributed by atoms with Crippen LogP contribution in [0.15, 0.2) is 35.3 Å². The lowest BCUT2D eigenvalue weighted by Crippen LogP contribution is -2.24. The Balaban J connectivity index is 2.50. The summed E-state index contributed by atoms with van der Waals surface area (Å²) in [5, 5.41) is 3.33. The number of rotatable bonds is 5. The predicted molar refractivity (Wildman–Crippen MR) is 65.2 cm³/mol. The number of halogens is 2. The molecule has 0 radical (unpaired) electrons. The van der Waals surface area contributed by atoms with Crippen molar-refractivity contribution in [3.63, 3.8) is 0 Å². The van der Waals surface area contributed by atoms with Crippen LogP contribution in [0.3, 0.4) is 0 Å². The summed E-state index contributed by atoms with van der Waals surface area (Å²) in [6, 6.07) is 5.45. The van der Waals surface area contributed by atoms with E-state index in [0.29, 0.717) is 10.5 Å². The molecule has 0 heterocycles. The molecule has 3 heteroatoms. The molecule has 0 fully saturated rings.